The van der Waals surface area contributed by atoms with Gasteiger partial charge in [-0.3, -0.25) is 9.42 Å². The minimum atomic E-state index is -1.18. The second kappa shape index (κ2) is 9.46. The third kappa shape index (κ3) is 5.77. The van der Waals surface area contributed by atoms with Gasteiger partial charge in [-0.25, -0.2) is 4.39 Å². The average Bonchev–Trinajstić information content (AvgIpc) is 3.49. The fourth-order valence-corrected chi connectivity index (χ4v) is 5.22. The largest absolute Gasteiger partial charge is 0.493 e. The maximum atomic E-state index is 14.8. The number of hydrogen-bond acceptors (Lipinski definition) is 4. The van der Waals surface area contributed by atoms with Crippen LogP contribution in [0, 0.1) is 11.7 Å². The second-order valence-corrected chi connectivity index (χ2v) is 11.6. The Bertz CT molecular complexity index is 780. The zero-order chi connectivity index (χ0) is 21.3. The topological polar surface area (TPSA) is 50.8 Å². The molecule has 1 aromatic carbocycles. The number of nitrogens with one attached hydrogen (secondary N) is 1. The predicted molar refractivity (Wildman–Crippen MR) is 118 cm³/mol. The Morgan fingerprint density at radius 1 is 1.27 bits per heavy atom. The van der Waals surface area contributed by atoms with E-state index >= 15 is 0 Å². The molecule has 30 heavy (non-hydrogen) atoms. The van der Waals surface area contributed by atoms with Crippen molar-refractivity contribution in [2.45, 2.75) is 55.2 Å². The number of nitrogens with zero attached hydrogens (tertiary/aromatic N) is 1. The second-order valence-electron chi connectivity index (χ2n) is 8.56. The standard InChI is InChI=1S/C21H28Cl2FN2O3P/c1-30(29-26-9-2-10-26)25-20(27)17-11-16(15-3-4-15)19(12-18(17)24)28-13-14-5-7-21(22,23)8-6-14/h11-12,14-15H,2-10,13H2,1H3,(H,25,27). The third-order valence-electron chi connectivity index (χ3n) is 5.98. The van der Waals surface area contributed by atoms with Crippen LogP contribution in [0.5, 0.6) is 5.75 Å². The van der Waals surface area contributed by atoms with Crippen LogP contribution < -0.4 is 9.82 Å². The van der Waals surface area contributed by atoms with Crippen LogP contribution in [0.2, 0.25) is 0 Å². The number of halogens is 3. The molecule has 3 fully saturated rings. The highest BCUT2D eigenvalue weighted by molar-refractivity contribution is 7.50. The van der Waals surface area contributed by atoms with E-state index in [4.69, 9.17) is 32.6 Å². The van der Waals surface area contributed by atoms with Gasteiger partial charge in [-0.1, -0.05) is 0 Å². The summed E-state index contributed by atoms with van der Waals surface area (Å²) in [6, 6.07) is 3.03. The van der Waals surface area contributed by atoms with Gasteiger partial charge in [0.1, 0.15) is 15.9 Å². The van der Waals surface area contributed by atoms with Crippen LogP contribution in [0.25, 0.3) is 0 Å². The number of carbonyl (C=O) groups excluding carboxylic acids is 1. The van der Waals surface area contributed by atoms with Crippen molar-refractivity contribution in [3.8, 4) is 5.75 Å². The Labute approximate surface area is 188 Å². The first-order chi connectivity index (χ1) is 14.3. The van der Waals surface area contributed by atoms with Crippen molar-refractivity contribution in [1.29, 1.82) is 0 Å². The molecule has 0 aromatic heterocycles. The molecule has 1 aromatic rings. The monoisotopic (exact) mass is 476 g/mol. The lowest BCUT2D eigenvalue weighted by Crippen LogP contribution is -2.37. The fourth-order valence-electron chi connectivity index (χ4n) is 3.82. The lowest BCUT2D eigenvalue weighted by molar-refractivity contribution is -0.0983. The molecule has 0 bridgehead atoms. The Morgan fingerprint density at radius 3 is 2.57 bits per heavy atom. The summed E-state index contributed by atoms with van der Waals surface area (Å²) in [7, 11) is -1.18. The van der Waals surface area contributed by atoms with Gasteiger partial charge in [0.05, 0.1) is 12.2 Å². The van der Waals surface area contributed by atoms with E-state index in [1.54, 1.807) is 6.07 Å². The van der Waals surface area contributed by atoms with Crippen LogP contribution >= 0.6 is 31.5 Å². The Morgan fingerprint density at radius 2 is 1.97 bits per heavy atom. The van der Waals surface area contributed by atoms with Gasteiger partial charge in [-0.2, -0.15) is 5.06 Å². The first-order valence-corrected chi connectivity index (χ1v) is 13.1. The zero-order valence-electron chi connectivity index (χ0n) is 17.1. The Kier molecular flexibility index (Phi) is 7.11. The molecule has 0 spiro atoms. The molecular formula is C21H28Cl2FN2O3P. The number of benzene rings is 1. The SMILES string of the molecule is CP(NC(=O)c1cc(C2CC2)c(OCC2CCC(Cl)(Cl)CC2)cc1F)ON1CCC1. The van der Waals surface area contributed by atoms with Crippen LogP contribution in [0.1, 0.15) is 66.8 Å². The highest BCUT2D eigenvalue weighted by Crippen LogP contribution is 2.46. The summed E-state index contributed by atoms with van der Waals surface area (Å²) in [4.78, 5) is 12.6. The van der Waals surface area contributed by atoms with Crippen molar-refractivity contribution in [3.63, 3.8) is 0 Å². The normalized spacial score (nSPS) is 22.9. The molecule has 3 aliphatic rings. The van der Waals surface area contributed by atoms with Gasteiger partial charge >= 0.3 is 0 Å². The molecule has 1 amide bonds. The number of rotatable bonds is 8. The zero-order valence-corrected chi connectivity index (χ0v) is 19.5. The third-order valence-corrected chi connectivity index (χ3v) is 7.73. The molecule has 4 rings (SSSR count). The summed E-state index contributed by atoms with van der Waals surface area (Å²) in [5.41, 5.74) is 0.975. The van der Waals surface area contributed by atoms with E-state index in [-0.39, 0.29) is 5.56 Å². The van der Waals surface area contributed by atoms with E-state index in [9.17, 15) is 9.18 Å². The van der Waals surface area contributed by atoms with E-state index in [0.717, 1.165) is 63.6 Å². The quantitative estimate of drug-likeness (QED) is 0.383. The number of amides is 1. The highest BCUT2D eigenvalue weighted by Gasteiger charge is 2.33. The molecule has 1 N–H and O–H groups in total. The minimum absolute atomic E-state index is 0.0533. The van der Waals surface area contributed by atoms with E-state index in [2.05, 4.69) is 5.09 Å². The number of hydrogen-bond donors (Lipinski definition) is 1. The van der Waals surface area contributed by atoms with Gasteiger partial charge < -0.3 is 9.82 Å². The maximum absolute atomic E-state index is 14.8. The molecule has 1 atom stereocenters. The van der Waals surface area contributed by atoms with Crippen LogP contribution in [-0.4, -0.2) is 41.7 Å². The Balaban J connectivity index is 1.40. The van der Waals surface area contributed by atoms with Gasteiger partial charge in [0.25, 0.3) is 5.91 Å². The average molecular weight is 477 g/mol. The van der Waals surface area contributed by atoms with E-state index in [0.29, 0.717) is 24.2 Å². The van der Waals surface area contributed by atoms with Gasteiger partial charge in [0, 0.05) is 25.8 Å². The molecule has 166 valence electrons. The summed E-state index contributed by atoms with van der Waals surface area (Å²) < 4.78 is 25.9. The molecule has 9 heteroatoms. The molecule has 1 aliphatic heterocycles. The van der Waals surface area contributed by atoms with Crippen molar-refractivity contribution in [2.75, 3.05) is 26.4 Å². The molecule has 2 aliphatic carbocycles. The molecule has 1 saturated heterocycles. The number of alkyl halides is 2. The van der Waals surface area contributed by atoms with Crippen molar-refractivity contribution in [2.24, 2.45) is 5.92 Å². The van der Waals surface area contributed by atoms with Crippen LogP contribution in [0.4, 0.5) is 4.39 Å². The van der Waals surface area contributed by atoms with Crippen LogP contribution in [0.15, 0.2) is 12.1 Å². The smallest absolute Gasteiger partial charge is 0.259 e. The molecular weight excluding hydrogens is 449 g/mol. The summed E-state index contributed by atoms with van der Waals surface area (Å²) in [6.07, 6.45) is 6.44. The lowest BCUT2D eigenvalue weighted by atomic mass is 9.89. The molecule has 0 radical (unpaired) electrons. The van der Waals surface area contributed by atoms with E-state index < -0.39 is 24.4 Å². The number of ether oxygens (including phenoxy) is 1. The summed E-state index contributed by atoms with van der Waals surface area (Å²) >= 11 is 12.4. The van der Waals surface area contributed by atoms with Crippen molar-refractivity contribution in [1.82, 2.24) is 10.2 Å². The molecule has 5 nitrogen and oxygen atoms in total. The van der Waals surface area contributed by atoms with Crippen LogP contribution in [0.3, 0.4) is 0 Å². The van der Waals surface area contributed by atoms with E-state index in [1.807, 2.05) is 11.7 Å². The lowest BCUT2D eigenvalue weighted by Gasteiger charge is -2.31. The first-order valence-electron chi connectivity index (χ1n) is 10.6. The molecule has 1 heterocycles. The van der Waals surface area contributed by atoms with Crippen LogP contribution in [-0.2, 0) is 4.62 Å². The minimum Gasteiger partial charge on any atom is -0.493 e. The predicted octanol–water partition coefficient (Wildman–Crippen LogP) is 5.75. The van der Waals surface area contributed by atoms with Gasteiger partial charge in [-0.15, -0.1) is 23.2 Å². The van der Waals surface area contributed by atoms with Crippen molar-refractivity contribution in [3.05, 3.63) is 29.1 Å². The maximum Gasteiger partial charge on any atom is 0.259 e. The summed E-state index contributed by atoms with van der Waals surface area (Å²) in [6.45, 7) is 4.06. The Hall–Kier alpha value is -0.650. The summed E-state index contributed by atoms with van der Waals surface area (Å²) in [5, 5.41) is 4.61. The fraction of sp³-hybridized carbons (Fsp3) is 0.667. The summed E-state index contributed by atoms with van der Waals surface area (Å²) in [5.74, 6) is 0.232. The van der Waals surface area contributed by atoms with Crippen molar-refractivity contribution < 1.29 is 18.5 Å². The molecule has 2 saturated carbocycles. The highest BCUT2D eigenvalue weighted by atomic mass is 35.5. The van der Waals surface area contributed by atoms with Gasteiger partial charge in [0.2, 0.25) is 0 Å². The molecule has 1 unspecified atom stereocenters. The van der Waals surface area contributed by atoms with Gasteiger partial charge in [0.15, 0.2) is 8.30 Å². The first kappa shape index (κ1) is 22.5. The van der Waals surface area contributed by atoms with Gasteiger partial charge in [-0.05, 0) is 68.4 Å². The number of carbonyl (C=O) groups is 1. The van der Waals surface area contributed by atoms with E-state index in [1.165, 1.54) is 6.07 Å². The van der Waals surface area contributed by atoms with Crippen molar-refractivity contribution >= 4 is 37.4 Å². The number of hydroxylamine groups is 2.